The summed E-state index contributed by atoms with van der Waals surface area (Å²) in [5.41, 5.74) is 1.20. The highest BCUT2D eigenvalue weighted by Gasteiger charge is 2.16. The van der Waals surface area contributed by atoms with Crippen LogP contribution in [0.1, 0.15) is 12.0 Å². The highest BCUT2D eigenvalue weighted by Crippen LogP contribution is 2.12. The first kappa shape index (κ1) is 15.9. The number of hydrogen-bond donors (Lipinski definition) is 3. The Labute approximate surface area is 123 Å². The Morgan fingerprint density at radius 3 is 2.67 bits per heavy atom. The number of primary sulfonamides is 1. The van der Waals surface area contributed by atoms with E-state index in [-0.39, 0.29) is 17.7 Å². The lowest BCUT2D eigenvalue weighted by Crippen LogP contribution is -2.43. The van der Waals surface area contributed by atoms with Crippen LogP contribution in [-0.4, -0.2) is 40.1 Å². The SMILES string of the molecule is NS(=O)(=O)Cc1ccc(NC(=O)CC2COCCN2)cc1. The van der Waals surface area contributed by atoms with Crippen LogP contribution in [0.15, 0.2) is 24.3 Å². The first-order valence-corrected chi connectivity index (χ1v) is 8.34. The predicted octanol–water partition coefficient (Wildman–Crippen LogP) is -0.208. The topological polar surface area (TPSA) is 111 Å². The quantitative estimate of drug-likeness (QED) is 0.697. The fourth-order valence-electron chi connectivity index (χ4n) is 2.10. The fraction of sp³-hybridized carbons (Fsp3) is 0.462. The second kappa shape index (κ2) is 6.99. The molecule has 2 rings (SSSR count). The first-order valence-electron chi connectivity index (χ1n) is 6.63. The smallest absolute Gasteiger partial charge is 0.226 e. The molecular weight excluding hydrogens is 294 g/mol. The van der Waals surface area contributed by atoms with E-state index in [1.807, 2.05) is 0 Å². The third-order valence-corrected chi connectivity index (χ3v) is 3.77. The minimum atomic E-state index is -3.54. The molecule has 1 aliphatic heterocycles. The molecule has 0 bridgehead atoms. The van der Waals surface area contributed by atoms with Crippen LogP contribution in [0.4, 0.5) is 5.69 Å². The van der Waals surface area contributed by atoms with Crippen LogP contribution < -0.4 is 15.8 Å². The zero-order valence-electron chi connectivity index (χ0n) is 11.5. The van der Waals surface area contributed by atoms with E-state index >= 15 is 0 Å². The summed E-state index contributed by atoms with van der Waals surface area (Å²) in [5.74, 6) is -0.331. The lowest BCUT2D eigenvalue weighted by atomic mass is 10.2. The number of sulfonamides is 1. The molecule has 1 aliphatic rings. The fourth-order valence-corrected chi connectivity index (χ4v) is 2.76. The summed E-state index contributed by atoms with van der Waals surface area (Å²) in [5, 5.41) is 10.9. The Morgan fingerprint density at radius 2 is 2.10 bits per heavy atom. The summed E-state index contributed by atoms with van der Waals surface area (Å²) in [6.45, 7) is 1.95. The maximum absolute atomic E-state index is 11.9. The first-order chi connectivity index (χ1) is 9.92. The van der Waals surface area contributed by atoms with Gasteiger partial charge in [0.2, 0.25) is 15.9 Å². The molecule has 1 unspecified atom stereocenters. The number of anilines is 1. The molecule has 1 fully saturated rings. The zero-order valence-corrected chi connectivity index (χ0v) is 12.4. The molecule has 0 spiro atoms. The van der Waals surface area contributed by atoms with Gasteiger partial charge in [0, 0.05) is 24.7 Å². The molecule has 1 aromatic carbocycles. The van der Waals surface area contributed by atoms with E-state index in [0.29, 0.717) is 30.9 Å². The molecule has 21 heavy (non-hydrogen) atoms. The van der Waals surface area contributed by atoms with Gasteiger partial charge < -0.3 is 15.4 Å². The van der Waals surface area contributed by atoms with Gasteiger partial charge in [0.05, 0.1) is 19.0 Å². The average Bonchev–Trinajstić information content (AvgIpc) is 2.40. The molecule has 8 heteroatoms. The molecule has 7 nitrogen and oxygen atoms in total. The molecule has 1 amide bonds. The normalized spacial score (nSPS) is 19.2. The van der Waals surface area contributed by atoms with Crippen molar-refractivity contribution in [1.82, 2.24) is 5.32 Å². The zero-order chi connectivity index (χ0) is 15.3. The second-order valence-electron chi connectivity index (χ2n) is 4.98. The summed E-state index contributed by atoms with van der Waals surface area (Å²) in [6, 6.07) is 6.59. The van der Waals surface area contributed by atoms with Gasteiger partial charge in [0.1, 0.15) is 0 Å². The highest BCUT2D eigenvalue weighted by atomic mass is 32.2. The monoisotopic (exact) mass is 313 g/mol. The van der Waals surface area contributed by atoms with Crippen LogP contribution in [0.5, 0.6) is 0 Å². The van der Waals surface area contributed by atoms with Gasteiger partial charge in [-0.3, -0.25) is 4.79 Å². The summed E-state index contributed by atoms with van der Waals surface area (Å²) in [7, 11) is -3.54. The largest absolute Gasteiger partial charge is 0.378 e. The minimum Gasteiger partial charge on any atom is -0.378 e. The van der Waals surface area contributed by atoms with Crippen LogP contribution in [-0.2, 0) is 25.3 Å². The van der Waals surface area contributed by atoms with Gasteiger partial charge in [0.25, 0.3) is 0 Å². The van der Waals surface area contributed by atoms with Gasteiger partial charge in [0.15, 0.2) is 0 Å². The lowest BCUT2D eigenvalue weighted by molar-refractivity contribution is -0.117. The molecule has 1 atom stereocenters. The molecule has 1 heterocycles. The van der Waals surface area contributed by atoms with Crippen molar-refractivity contribution in [2.75, 3.05) is 25.1 Å². The van der Waals surface area contributed by atoms with E-state index in [2.05, 4.69) is 10.6 Å². The summed E-state index contributed by atoms with van der Waals surface area (Å²) in [4.78, 5) is 11.9. The van der Waals surface area contributed by atoms with E-state index in [4.69, 9.17) is 9.88 Å². The number of nitrogens with one attached hydrogen (secondary N) is 2. The molecule has 0 radical (unpaired) electrons. The maximum Gasteiger partial charge on any atom is 0.226 e. The number of hydrogen-bond acceptors (Lipinski definition) is 5. The van der Waals surface area contributed by atoms with E-state index in [9.17, 15) is 13.2 Å². The Balaban J connectivity index is 1.86. The average molecular weight is 313 g/mol. The molecule has 0 aliphatic carbocycles. The number of benzene rings is 1. The number of carbonyl (C=O) groups excluding carboxylic acids is 1. The molecule has 0 aromatic heterocycles. The van der Waals surface area contributed by atoms with Crippen molar-refractivity contribution in [3.8, 4) is 0 Å². The van der Waals surface area contributed by atoms with Crippen molar-refractivity contribution in [3.05, 3.63) is 29.8 Å². The van der Waals surface area contributed by atoms with Gasteiger partial charge >= 0.3 is 0 Å². The number of ether oxygens (including phenoxy) is 1. The van der Waals surface area contributed by atoms with E-state index in [0.717, 1.165) is 6.54 Å². The van der Waals surface area contributed by atoms with Crippen molar-refractivity contribution in [2.24, 2.45) is 5.14 Å². The predicted molar refractivity (Wildman–Crippen MR) is 79.1 cm³/mol. The molecular formula is C13H19N3O4S. The molecule has 1 saturated heterocycles. The Hall–Kier alpha value is -1.48. The standard InChI is InChI=1S/C13H19N3O4S/c14-21(18,19)9-10-1-3-11(4-2-10)16-13(17)7-12-8-20-6-5-15-12/h1-4,12,15H,5-9H2,(H,16,17)(H2,14,18,19). The van der Waals surface area contributed by atoms with Crippen molar-refractivity contribution >= 4 is 21.6 Å². The molecule has 0 saturated carbocycles. The lowest BCUT2D eigenvalue weighted by Gasteiger charge is -2.23. The summed E-state index contributed by atoms with van der Waals surface area (Å²) >= 11 is 0. The third-order valence-electron chi connectivity index (χ3n) is 3.04. The van der Waals surface area contributed by atoms with Gasteiger partial charge in [-0.15, -0.1) is 0 Å². The Bertz CT molecular complexity index is 580. The minimum absolute atomic E-state index is 0.0282. The number of carbonyl (C=O) groups is 1. The van der Waals surface area contributed by atoms with E-state index in [1.54, 1.807) is 24.3 Å². The van der Waals surface area contributed by atoms with Crippen LogP contribution in [0, 0.1) is 0 Å². The molecule has 1 aromatic rings. The highest BCUT2D eigenvalue weighted by molar-refractivity contribution is 7.88. The van der Waals surface area contributed by atoms with Crippen LogP contribution in [0.3, 0.4) is 0 Å². The maximum atomic E-state index is 11.9. The second-order valence-corrected chi connectivity index (χ2v) is 6.60. The summed E-state index contributed by atoms with van der Waals surface area (Å²) < 4.78 is 27.2. The van der Waals surface area contributed by atoms with Crippen LogP contribution in [0.2, 0.25) is 0 Å². The van der Waals surface area contributed by atoms with Crippen molar-refractivity contribution in [2.45, 2.75) is 18.2 Å². The number of nitrogens with two attached hydrogens (primary N) is 1. The molecule has 4 N–H and O–H groups in total. The number of rotatable bonds is 5. The van der Waals surface area contributed by atoms with E-state index < -0.39 is 10.0 Å². The number of morpholine rings is 1. The van der Waals surface area contributed by atoms with Crippen LogP contribution >= 0.6 is 0 Å². The Kier molecular flexibility index (Phi) is 5.29. The van der Waals surface area contributed by atoms with Gasteiger partial charge in [-0.2, -0.15) is 0 Å². The molecule has 116 valence electrons. The van der Waals surface area contributed by atoms with Crippen molar-refractivity contribution < 1.29 is 17.9 Å². The van der Waals surface area contributed by atoms with Gasteiger partial charge in [-0.05, 0) is 17.7 Å². The number of amides is 1. The van der Waals surface area contributed by atoms with Crippen LogP contribution in [0.25, 0.3) is 0 Å². The Morgan fingerprint density at radius 1 is 1.38 bits per heavy atom. The van der Waals surface area contributed by atoms with Crippen molar-refractivity contribution in [3.63, 3.8) is 0 Å². The third kappa shape index (κ3) is 5.80. The van der Waals surface area contributed by atoms with Gasteiger partial charge in [-0.1, -0.05) is 12.1 Å². The van der Waals surface area contributed by atoms with Crippen molar-refractivity contribution in [1.29, 1.82) is 0 Å². The summed E-state index contributed by atoms with van der Waals surface area (Å²) in [6.07, 6.45) is 0.332. The van der Waals surface area contributed by atoms with E-state index in [1.165, 1.54) is 0 Å². The van der Waals surface area contributed by atoms with Gasteiger partial charge in [-0.25, -0.2) is 13.6 Å².